The van der Waals surface area contributed by atoms with Crippen molar-refractivity contribution in [3.05, 3.63) is 58.4 Å². The summed E-state index contributed by atoms with van der Waals surface area (Å²) in [6.07, 6.45) is 1.39. The van der Waals surface area contributed by atoms with Gasteiger partial charge in [0.1, 0.15) is 10.0 Å². The number of hydrogen-bond donors (Lipinski definition) is 1. The second-order valence-corrected chi connectivity index (χ2v) is 5.70. The van der Waals surface area contributed by atoms with Crippen LogP contribution in [0.2, 0.25) is 5.02 Å². The molecule has 0 radical (unpaired) electrons. The van der Waals surface area contributed by atoms with Gasteiger partial charge >= 0.3 is 0 Å². The van der Waals surface area contributed by atoms with Crippen molar-refractivity contribution in [1.82, 2.24) is 15.2 Å². The van der Waals surface area contributed by atoms with Crippen LogP contribution < -0.4 is 5.32 Å². The second-order valence-electron chi connectivity index (χ2n) is 4.20. The van der Waals surface area contributed by atoms with E-state index >= 15 is 0 Å². The van der Waals surface area contributed by atoms with Crippen molar-refractivity contribution in [1.29, 1.82) is 0 Å². The fourth-order valence-electron chi connectivity index (χ4n) is 1.73. The van der Waals surface area contributed by atoms with Crippen molar-refractivity contribution in [2.75, 3.05) is 5.32 Å². The summed E-state index contributed by atoms with van der Waals surface area (Å²) in [5.74, 6) is -0.342. The zero-order valence-corrected chi connectivity index (χ0v) is 12.3. The number of rotatable bonds is 4. The fourth-order valence-corrected chi connectivity index (χ4v) is 2.66. The van der Waals surface area contributed by atoms with E-state index in [9.17, 15) is 4.39 Å². The molecule has 2 aromatic heterocycles. The van der Waals surface area contributed by atoms with Crippen LogP contribution in [0.15, 0.2) is 42.6 Å². The van der Waals surface area contributed by atoms with Gasteiger partial charge in [-0.1, -0.05) is 53.3 Å². The van der Waals surface area contributed by atoms with Crippen LogP contribution in [0.25, 0.3) is 10.6 Å². The number of nitrogens with one attached hydrogen (secondary N) is 1. The average molecular weight is 321 g/mol. The number of hydrogen-bond acceptors (Lipinski definition) is 5. The lowest BCUT2D eigenvalue weighted by molar-refractivity contribution is 0.624. The Morgan fingerprint density at radius 1 is 1.19 bits per heavy atom. The first-order valence-corrected chi connectivity index (χ1v) is 7.34. The van der Waals surface area contributed by atoms with Gasteiger partial charge in [-0.15, -0.1) is 10.2 Å². The van der Waals surface area contributed by atoms with E-state index < -0.39 is 5.82 Å². The highest BCUT2D eigenvalue weighted by molar-refractivity contribution is 7.14. The van der Waals surface area contributed by atoms with Gasteiger partial charge in [0.15, 0.2) is 11.6 Å². The van der Waals surface area contributed by atoms with E-state index in [0.29, 0.717) is 6.54 Å². The topological polar surface area (TPSA) is 50.7 Å². The number of nitrogens with zero attached hydrogens (tertiary/aromatic N) is 3. The molecule has 0 atom stereocenters. The summed E-state index contributed by atoms with van der Waals surface area (Å²) in [6, 6.07) is 11.0. The predicted molar refractivity (Wildman–Crippen MR) is 81.9 cm³/mol. The maximum atomic E-state index is 13.6. The van der Waals surface area contributed by atoms with Gasteiger partial charge in [0.2, 0.25) is 0 Å². The lowest BCUT2D eigenvalue weighted by Gasteiger charge is -2.03. The Balaban J connectivity index is 1.70. The molecule has 106 valence electrons. The molecule has 21 heavy (non-hydrogen) atoms. The van der Waals surface area contributed by atoms with Crippen molar-refractivity contribution in [2.24, 2.45) is 0 Å². The number of aromatic nitrogens is 3. The molecule has 1 aromatic carbocycles. The van der Waals surface area contributed by atoms with Crippen LogP contribution in [-0.2, 0) is 6.54 Å². The van der Waals surface area contributed by atoms with E-state index in [1.54, 1.807) is 0 Å². The second kappa shape index (κ2) is 6.15. The Bertz CT molecular complexity index is 748. The maximum Gasteiger partial charge on any atom is 0.166 e. The van der Waals surface area contributed by atoms with Crippen LogP contribution in [0.5, 0.6) is 0 Å². The fraction of sp³-hybridized carbons (Fsp3) is 0.0714. The summed E-state index contributed by atoms with van der Waals surface area (Å²) in [6.45, 7) is 0.357. The molecule has 4 nitrogen and oxygen atoms in total. The summed E-state index contributed by atoms with van der Waals surface area (Å²) in [5, 5.41) is 12.9. The number of pyridine rings is 1. The standard InChI is InChI=1S/C14H10ClFN4S/c15-10-6-11(16)13(17-7-10)18-8-12-19-20-14(21-12)9-4-2-1-3-5-9/h1-7H,8H2,(H,17,18). The molecular formula is C14H10ClFN4S. The molecule has 0 fully saturated rings. The molecule has 0 spiro atoms. The van der Waals surface area contributed by atoms with Gasteiger partial charge in [0.25, 0.3) is 0 Å². The van der Waals surface area contributed by atoms with Gasteiger partial charge < -0.3 is 5.32 Å². The van der Waals surface area contributed by atoms with Gasteiger partial charge in [0.05, 0.1) is 11.6 Å². The average Bonchev–Trinajstić information content (AvgIpc) is 2.96. The predicted octanol–water partition coefficient (Wildman–Crippen LogP) is 4.00. The number of benzene rings is 1. The van der Waals surface area contributed by atoms with Gasteiger partial charge in [-0.25, -0.2) is 9.37 Å². The summed E-state index contributed by atoms with van der Waals surface area (Å²) in [4.78, 5) is 3.90. The minimum atomic E-state index is -0.490. The summed E-state index contributed by atoms with van der Waals surface area (Å²) >= 11 is 7.11. The zero-order valence-electron chi connectivity index (χ0n) is 10.8. The summed E-state index contributed by atoms with van der Waals surface area (Å²) < 4.78 is 13.6. The van der Waals surface area contributed by atoms with E-state index in [2.05, 4.69) is 20.5 Å². The molecule has 0 aliphatic rings. The van der Waals surface area contributed by atoms with Crippen LogP contribution in [0.4, 0.5) is 10.2 Å². The quantitative estimate of drug-likeness (QED) is 0.789. The van der Waals surface area contributed by atoms with Crippen LogP contribution in [-0.4, -0.2) is 15.2 Å². The Hall–Kier alpha value is -2.05. The van der Waals surface area contributed by atoms with E-state index in [4.69, 9.17) is 11.6 Å². The Morgan fingerprint density at radius 3 is 2.76 bits per heavy atom. The van der Waals surface area contributed by atoms with E-state index in [0.717, 1.165) is 15.6 Å². The molecule has 3 rings (SSSR count). The van der Waals surface area contributed by atoms with Gasteiger partial charge in [-0.3, -0.25) is 0 Å². The summed E-state index contributed by atoms with van der Waals surface area (Å²) in [7, 11) is 0. The molecule has 0 saturated carbocycles. The number of anilines is 1. The van der Waals surface area contributed by atoms with Crippen LogP contribution in [0, 0.1) is 5.82 Å². The molecule has 2 heterocycles. The lowest BCUT2D eigenvalue weighted by atomic mass is 10.2. The molecular weight excluding hydrogens is 311 g/mol. The van der Waals surface area contributed by atoms with Gasteiger partial charge in [-0.05, 0) is 6.07 Å². The minimum absolute atomic E-state index is 0.149. The van der Waals surface area contributed by atoms with Crippen LogP contribution in [0.1, 0.15) is 5.01 Å². The first kappa shape index (κ1) is 13.9. The Kier molecular flexibility index (Phi) is 4.08. The van der Waals surface area contributed by atoms with E-state index in [-0.39, 0.29) is 10.8 Å². The highest BCUT2D eigenvalue weighted by Crippen LogP contribution is 2.23. The van der Waals surface area contributed by atoms with Crippen molar-refractivity contribution >= 4 is 28.8 Å². The molecule has 0 bridgehead atoms. The molecule has 0 saturated heterocycles. The highest BCUT2D eigenvalue weighted by atomic mass is 35.5. The van der Waals surface area contributed by atoms with E-state index in [1.165, 1.54) is 23.6 Å². The normalized spacial score (nSPS) is 10.6. The van der Waals surface area contributed by atoms with Crippen LogP contribution >= 0.6 is 22.9 Å². The molecule has 7 heteroatoms. The third-order valence-electron chi connectivity index (χ3n) is 2.70. The minimum Gasteiger partial charge on any atom is -0.361 e. The molecule has 0 unspecified atom stereocenters. The zero-order chi connectivity index (χ0) is 14.7. The highest BCUT2D eigenvalue weighted by Gasteiger charge is 2.08. The molecule has 0 amide bonds. The third kappa shape index (κ3) is 3.34. The molecule has 3 aromatic rings. The maximum absolute atomic E-state index is 13.6. The van der Waals surface area contributed by atoms with Crippen molar-refractivity contribution in [2.45, 2.75) is 6.54 Å². The van der Waals surface area contributed by atoms with Gasteiger partial charge in [0, 0.05) is 11.8 Å². The molecule has 1 N–H and O–H groups in total. The summed E-state index contributed by atoms with van der Waals surface area (Å²) in [5.41, 5.74) is 1.01. The van der Waals surface area contributed by atoms with E-state index in [1.807, 2.05) is 30.3 Å². The van der Waals surface area contributed by atoms with Crippen molar-refractivity contribution in [3.8, 4) is 10.6 Å². The number of halogens is 2. The SMILES string of the molecule is Fc1cc(Cl)cnc1NCc1nnc(-c2ccccc2)s1. The first-order chi connectivity index (χ1) is 10.2. The van der Waals surface area contributed by atoms with Crippen molar-refractivity contribution in [3.63, 3.8) is 0 Å². The lowest BCUT2D eigenvalue weighted by Crippen LogP contribution is -2.03. The Morgan fingerprint density at radius 2 is 2.00 bits per heavy atom. The molecule has 0 aliphatic carbocycles. The largest absolute Gasteiger partial charge is 0.361 e. The Labute approximate surface area is 129 Å². The smallest absolute Gasteiger partial charge is 0.166 e. The molecule has 0 aliphatic heterocycles. The third-order valence-corrected chi connectivity index (χ3v) is 3.88. The van der Waals surface area contributed by atoms with Crippen LogP contribution in [0.3, 0.4) is 0 Å². The first-order valence-electron chi connectivity index (χ1n) is 6.15. The monoisotopic (exact) mass is 320 g/mol. The van der Waals surface area contributed by atoms with Gasteiger partial charge in [-0.2, -0.15) is 0 Å². The van der Waals surface area contributed by atoms with Crippen molar-refractivity contribution < 1.29 is 4.39 Å².